The molecule has 17 heavy (non-hydrogen) atoms. The second kappa shape index (κ2) is 4.82. The molecule has 0 atom stereocenters. The van der Waals surface area contributed by atoms with Crippen molar-refractivity contribution in [3.05, 3.63) is 46.8 Å². The summed E-state index contributed by atoms with van der Waals surface area (Å²) in [5.41, 5.74) is 0.832. The molecule has 0 aliphatic heterocycles. The standard InChI is InChI=1S/C13H13NO3/c1-17-13(16)7-9-14-8-6-12(15)10-4-2-3-5-11(10)14/h2-6,8H,7,9H2,1H3. The lowest BCUT2D eigenvalue weighted by atomic mass is 10.2. The maximum Gasteiger partial charge on any atom is 0.307 e. The minimum Gasteiger partial charge on any atom is -0.469 e. The number of nitrogens with zero attached hydrogens (tertiary/aromatic N) is 1. The zero-order valence-corrected chi connectivity index (χ0v) is 9.55. The van der Waals surface area contributed by atoms with E-state index >= 15 is 0 Å². The number of rotatable bonds is 3. The normalized spacial score (nSPS) is 10.4. The molecule has 0 radical (unpaired) electrons. The van der Waals surface area contributed by atoms with E-state index in [0.717, 1.165) is 5.52 Å². The van der Waals surface area contributed by atoms with Gasteiger partial charge in [0.2, 0.25) is 0 Å². The fourth-order valence-corrected chi connectivity index (χ4v) is 1.77. The molecule has 0 unspecified atom stereocenters. The minimum atomic E-state index is -0.257. The van der Waals surface area contributed by atoms with Crippen molar-refractivity contribution in [1.82, 2.24) is 4.57 Å². The molecule has 0 aliphatic carbocycles. The first-order chi connectivity index (χ1) is 8.22. The molecule has 2 aromatic rings. The highest BCUT2D eigenvalue weighted by atomic mass is 16.5. The van der Waals surface area contributed by atoms with Crippen LogP contribution < -0.4 is 5.43 Å². The van der Waals surface area contributed by atoms with E-state index in [0.29, 0.717) is 18.4 Å². The maximum atomic E-state index is 11.6. The number of pyridine rings is 1. The summed E-state index contributed by atoms with van der Waals surface area (Å²) in [4.78, 5) is 22.7. The largest absolute Gasteiger partial charge is 0.469 e. The molecular weight excluding hydrogens is 218 g/mol. The van der Waals surface area contributed by atoms with Gasteiger partial charge in [-0.1, -0.05) is 12.1 Å². The Balaban J connectivity index is 2.38. The van der Waals surface area contributed by atoms with Crippen LogP contribution in [0.25, 0.3) is 10.9 Å². The zero-order chi connectivity index (χ0) is 12.3. The molecule has 4 nitrogen and oxygen atoms in total. The van der Waals surface area contributed by atoms with Crippen molar-refractivity contribution in [1.29, 1.82) is 0 Å². The Morgan fingerprint density at radius 3 is 2.82 bits per heavy atom. The van der Waals surface area contributed by atoms with Gasteiger partial charge in [-0.3, -0.25) is 9.59 Å². The van der Waals surface area contributed by atoms with Gasteiger partial charge in [0.1, 0.15) is 0 Å². The summed E-state index contributed by atoms with van der Waals surface area (Å²) in [5.74, 6) is -0.257. The van der Waals surface area contributed by atoms with Crippen molar-refractivity contribution < 1.29 is 9.53 Å². The number of para-hydroxylation sites is 1. The first-order valence-corrected chi connectivity index (χ1v) is 5.37. The van der Waals surface area contributed by atoms with Crippen LogP contribution in [0.15, 0.2) is 41.3 Å². The van der Waals surface area contributed by atoms with Crippen LogP contribution in [-0.2, 0) is 16.1 Å². The predicted octanol–water partition coefficient (Wildman–Crippen LogP) is 1.56. The Hall–Kier alpha value is -2.10. The highest BCUT2D eigenvalue weighted by Crippen LogP contribution is 2.09. The number of hydrogen-bond acceptors (Lipinski definition) is 3. The summed E-state index contributed by atoms with van der Waals surface area (Å²) in [6.45, 7) is 0.507. The molecule has 4 heteroatoms. The zero-order valence-electron chi connectivity index (χ0n) is 9.55. The summed E-state index contributed by atoms with van der Waals surface area (Å²) in [6.07, 6.45) is 2.00. The quantitative estimate of drug-likeness (QED) is 0.753. The number of hydrogen-bond donors (Lipinski definition) is 0. The second-order valence-corrected chi connectivity index (χ2v) is 3.72. The van der Waals surface area contributed by atoms with Gasteiger partial charge in [-0.15, -0.1) is 0 Å². The van der Waals surface area contributed by atoms with E-state index in [-0.39, 0.29) is 11.4 Å². The van der Waals surface area contributed by atoms with E-state index in [1.54, 1.807) is 12.3 Å². The molecule has 0 bridgehead atoms. The molecular formula is C13H13NO3. The number of carbonyl (C=O) groups excluding carboxylic acids is 1. The Labute approximate surface area is 98.4 Å². The van der Waals surface area contributed by atoms with Crippen LogP contribution in [0.2, 0.25) is 0 Å². The lowest BCUT2D eigenvalue weighted by Gasteiger charge is -2.09. The average molecular weight is 231 g/mol. The monoisotopic (exact) mass is 231 g/mol. The topological polar surface area (TPSA) is 48.3 Å². The van der Waals surface area contributed by atoms with E-state index in [1.165, 1.54) is 13.2 Å². The maximum absolute atomic E-state index is 11.6. The van der Waals surface area contributed by atoms with E-state index < -0.39 is 0 Å². The van der Waals surface area contributed by atoms with Gasteiger partial charge in [0.15, 0.2) is 5.43 Å². The highest BCUT2D eigenvalue weighted by Gasteiger charge is 2.04. The van der Waals surface area contributed by atoms with Gasteiger partial charge in [-0.25, -0.2) is 0 Å². The van der Waals surface area contributed by atoms with Gasteiger partial charge in [0.05, 0.1) is 19.0 Å². The second-order valence-electron chi connectivity index (χ2n) is 3.72. The number of fused-ring (bicyclic) bond motifs is 1. The van der Waals surface area contributed by atoms with Crippen molar-refractivity contribution in [2.45, 2.75) is 13.0 Å². The highest BCUT2D eigenvalue weighted by molar-refractivity contribution is 5.78. The van der Waals surface area contributed by atoms with Crippen LogP contribution in [0, 0.1) is 0 Å². The molecule has 0 N–H and O–H groups in total. The number of ether oxygens (including phenoxy) is 1. The molecule has 0 spiro atoms. The Morgan fingerprint density at radius 1 is 1.29 bits per heavy atom. The summed E-state index contributed by atoms with van der Waals surface area (Å²) in [6, 6.07) is 8.87. The first-order valence-electron chi connectivity index (χ1n) is 5.37. The van der Waals surface area contributed by atoms with Gasteiger partial charge in [-0.05, 0) is 12.1 Å². The molecule has 0 amide bonds. The van der Waals surface area contributed by atoms with E-state index in [1.807, 2.05) is 22.8 Å². The van der Waals surface area contributed by atoms with Crippen LogP contribution in [0.3, 0.4) is 0 Å². The summed E-state index contributed by atoms with van der Waals surface area (Å²) < 4.78 is 6.48. The summed E-state index contributed by atoms with van der Waals surface area (Å²) in [7, 11) is 1.37. The molecule has 2 rings (SSSR count). The van der Waals surface area contributed by atoms with Gasteiger partial charge in [0.25, 0.3) is 0 Å². The number of esters is 1. The number of aromatic nitrogens is 1. The van der Waals surface area contributed by atoms with Gasteiger partial charge < -0.3 is 9.30 Å². The summed E-state index contributed by atoms with van der Waals surface area (Å²) in [5, 5.41) is 0.667. The van der Waals surface area contributed by atoms with E-state index in [9.17, 15) is 9.59 Å². The molecule has 0 aliphatic rings. The predicted molar refractivity (Wildman–Crippen MR) is 64.8 cm³/mol. The van der Waals surface area contributed by atoms with Gasteiger partial charge in [-0.2, -0.15) is 0 Å². The van der Waals surface area contributed by atoms with Crippen LogP contribution in [0.4, 0.5) is 0 Å². The number of carbonyl (C=O) groups is 1. The smallest absolute Gasteiger partial charge is 0.307 e. The molecule has 1 aromatic heterocycles. The fraction of sp³-hybridized carbons (Fsp3) is 0.231. The number of benzene rings is 1. The minimum absolute atomic E-state index is 0.00471. The lowest BCUT2D eigenvalue weighted by Crippen LogP contribution is -2.11. The third-order valence-corrected chi connectivity index (χ3v) is 2.67. The van der Waals surface area contributed by atoms with Crippen molar-refractivity contribution >= 4 is 16.9 Å². The Bertz CT molecular complexity index is 601. The van der Waals surface area contributed by atoms with Crippen molar-refractivity contribution in [3.63, 3.8) is 0 Å². The van der Waals surface area contributed by atoms with E-state index in [2.05, 4.69) is 4.74 Å². The van der Waals surface area contributed by atoms with Crippen LogP contribution in [0.5, 0.6) is 0 Å². The van der Waals surface area contributed by atoms with Crippen LogP contribution in [-0.4, -0.2) is 17.6 Å². The van der Waals surface area contributed by atoms with Crippen LogP contribution in [0.1, 0.15) is 6.42 Å². The van der Waals surface area contributed by atoms with E-state index in [4.69, 9.17) is 0 Å². The molecule has 0 saturated carbocycles. The molecule has 1 heterocycles. The SMILES string of the molecule is COC(=O)CCn1ccc(=O)c2ccccc21. The fourth-order valence-electron chi connectivity index (χ4n) is 1.77. The number of aryl methyl sites for hydroxylation is 1. The third-order valence-electron chi connectivity index (χ3n) is 2.67. The first kappa shape index (κ1) is 11.4. The number of methoxy groups -OCH3 is 1. The lowest BCUT2D eigenvalue weighted by molar-refractivity contribution is -0.140. The van der Waals surface area contributed by atoms with Crippen molar-refractivity contribution in [2.24, 2.45) is 0 Å². The van der Waals surface area contributed by atoms with Gasteiger partial charge >= 0.3 is 5.97 Å². The molecule has 0 saturated heterocycles. The van der Waals surface area contributed by atoms with Crippen molar-refractivity contribution in [2.75, 3.05) is 7.11 Å². The van der Waals surface area contributed by atoms with Crippen molar-refractivity contribution in [3.8, 4) is 0 Å². The van der Waals surface area contributed by atoms with Crippen LogP contribution >= 0.6 is 0 Å². The molecule has 88 valence electrons. The van der Waals surface area contributed by atoms with Gasteiger partial charge in [0, 0.05) is 24.2 Å². The third kappa shape index (κ3) is 2.36. The Kier molecular flexibility index (Phi) is 3.23. The Morgan fingerprint density at radius 2 is 2.06 bits per heavy atom. The summed E-state index contributed by atoms with van der Waals surface area (Å²) >= 11 is 0. The average Bonchev–Trinajstić information content (AvgIpc) is 2.38. The molecule has 1 aromatic carbocycles. The molecule has 0 fully saturated rings.